The minimum Gasteiger partial charge on any atom is -0.550 e. The monoisotopic (exact) mass is 234 g/mol. The van der Waals surface area contributed by atoms with Gasteiger partial charge < -0.3 is 9.90 Å². The van der Waals surface area contributed by atoms with Crippen LogP contribution in [0, 0.1) is 0 Å². The summed E-state index contributed by atoms with van der Waals surface area (Å²) in [6.45, 7) is 0. The van der Waals surface area contributed by atoms with Crippen LogP contribution in [0.5, 0.6) is 0 Å². The SMILES string of the molecule is O=C([O-])CCCCc1nc2ccccc2s1. The molecule has 0 aliphatic rings. The Morgan fingerprint density at radius 1 is 1.31 bits per heavy atom. The topological polar surface area (TPSA) is 53.0 Å². The number of hydrogen-bond acceptors (Lipinski definition) is 4. The third kappa shape index (κ3) is 2.79. The predicted molar refractivity (Wildman–Crippen MR) is 62.2 cm³/mol. The van der Waals surface area contributed by atoms with Gasteiger partial charge in [-0.05, 0) is 37.8 Å². The van der Waals surface area contributed by atoms with Crippen molar-refractivity contribution in [2.24, 2.45) is 0 Å². The Bertz CT molecular complexity index is 459. The van der Waals surface area contributed by atoms with E-state index >= 15 is 0 Å². The number of hydrogen-bond donors (Lipinski definition) is 0. The van der Waals surface area contributed by atoms with Crippen molar-refractivity contribution in [1.82, 2.24) is 4.98 Å². The maximum Gasteiger partial charge on any atom is 0.0938 e. The number of benzene rings is 1. The molecular weight excluding hydrogens is 222 g/mol. The van der Waals surface area contributed by atoms with Crippen molar-refractivity contribution in [1.29, 1.82) is 0 Å². The first-order valence-corrected chi connectivity index (χ1v) is 6.11. The quantitative estimate of drug-likeness (QED) is 0.741. The molecule has 1 heterocycles. The predicted octanol–water partition coefficient (Wildman–Crippen LogP) is 1.76. The van der Waals surface area contributed by atoms with Crippen LogP contribution in [0.4, 0.5) is 0 Å². The molecule has 0 bridgehead atoms. The van der Waals surface area contributed by atoms with E-state index in [1.807, 2.05) is 18.2 Å². The number of aromatic nitrogens is 1. The zero-order valence-corrected chi connectivity index (χ0v) is 9.63. The van der Waals surface area contributed by atoms with E-state index in [9.17, 15) is 9.90 Å². The van der Waals surface area contributed by atoms with Gasteiger partial charge in [0.05, 0.1) is 15.2 Å². The highest BCUT2D eigenvalue weighted by Gasteiger charge is 2.02. The summed E-state index contributed by atoms with van der Waals surface area (Å²) >= 11 is 1.68. The summed E-state index contributed by atoms with van der Waals surface area (Å²) in [5.41, 5.74) is 1.03. The molecule has 1 aromatic heterocycles. The number of carbonyl (C=O) groups is 1. The highest BCUT2D eigenvalue weighted by Crippen LogP contribution is 2.22. The van der Waals surface area contributed by atoms with E-state index in [1.54, 1.807) is 11.3 Å². The Kier molecular flexibility index (Phi) is 3.51. The van der Waals surface area contributed by atoms with Gasteiger partial charge in [0, 0.05) is 5.97 Å². The fourth-order valence-electron chi connectivity index (χ4n) is 1.57. The van der Waals surface area contributed by atoms with Crippen LogP contribution >= 0.6 is 11.3 Å². The van der Waals surface area contributed by atoms with E-state index in [2.05, 4.69) is 11.1 Å². The molecule has 2 rings (SSSR count). The second-order valence-electron chi connectivity index (χ2n) is 3.65. The van der Waals surface area contributed by atoms with Crippen LogP contribution < -0.4 is 5.11 Å². The number of carbonyl (C=O) groups excluding carboxylic acids is 1. The van der Waals surface area contributed by atoms with Gasteiger partial charge in [-0.1, -0.05) is 12.1 Å². The molecule has 4 heteroatoms. The number of carboxylic acids is 1. The lowest BCUT2D eigenvalue weighted by molar-refractivity contribution is -0.305. The minimum atomic E-state index is -0.968. The molecule has 0 atom stereocenters. The highest BCUT2D eigenvalue weighted by atomic mass is 32.1. The third-order valence-corrected chi connectivity index (χ3v) is 3.46. The number of unbranched alkanes of at least 4 members (excludes halogenated alkanes) is 1. The summed E-state index contributed by atoms with van der Waals surface area (Å²) in [7, 11) is 0. The van der Waals surface area contributed by atoms with Crippen molar-refractivity contribution < 1.29 is 9.90 Å². The van der Waals surface area contributed by atoms with Crippen LogP contribution in [0.15, 0.2) is 24.3 Å². The zero-order valence-electron chi connectivity index (χ0n) is 8.81. The van der Waals surface area contributed by atoms with E-state index < -0.39 is 5.97 Å². The first-order chi connectivity index (χ1) is 7.75. The summed E-state index contributed by atoms with van der Waals surface area (Å²) in [4.78, 5) is 14.7. The Balaban J connectivity index is 1.92. The zero-order chi connectivity index (χ0) is 11.4. The molecule has 0 unspecified atom stereocenters. The maximum absolute atomic E-state index is 10.2. The summed E-state index contributed by atoms with van der Waals surface area (Å²) in [6.07, 6.45) is 2.52. The van der Waals surface area contributed by atoms with Gasteiger partial charge in [-0.3, -0.25) is 0 Å². The first kappa shape index (κ1) is 11.1. The number of nitrogens with zero attached hydrogens (tertiary/aromatic N) is 1. The number of aliphatic carboxylic acids is 1. The molecule has 0 spiro atoms. The molecule has 0 radical (unpaired) electrons. The molecule has 2 aromatic rings. The molecule has 3 nitrogen and oxygen atoms in total. The van der Waals surface area contributed by atoms with Gasteiger partial charge in [-0.2, -0.15) is 0 Å². The number of aryl methyl sites for hydroxylation is 1. The number of fused-ring (bicyclic) bond motifs is 1. The van der Waals surface area contributed by atoms with Gasteiger partial charge in [0.25, 0.3) is 0 Å². The summed E-state index contributed by atoms with van der Waals surface area (Å²) < 4.78 is 1.19. The number of rotatable bonds is 5. The van der Waals surface area contributed by atoms with Gasteiger partial charge in [-0.25, -0.2) is 4.98 Å². The van der Waals surface area contributed by atoms with Gasteiger partial charge >= 0.3 is 0 Å². The van der Waals surface area contributed by atoms with E-state index in [0.717, 1.165) is 23.4 Å². The van der Waals surface area contributed by atoms with Crippen LogP contribution in [-0.2, 0) is 11.2 Å². The maximum atomic E-state index is 10.2. The second-order valence-corrected chi connectivity index (χ2v) is 4.77. The summed E-state index contributed by atoms with van der Waals surface area (Å²) in [5, 5.41) is 11.3. The molecule has 0 aliphatic heterocycles. The molecule has 0 fully saturated rings. The largest absolute Gasteiger partial charge is 0.550 e. The fraction of sp³-hybridized carbons (Fsp3) is 0.333. The number of thiazole rings is 1. The first-order valence-electron chi connectivity index (χ1n) is 5.30. The lowest BCUT2D eigenvalue weighted by Crippen LogP contribution is -2.21. The van der Waals surface area contributed by atoms with Crippen molar-refractivity contribution in [3.8, 4) is 0 Å². The summed E-state index contributed by atoms with van der Waals surface area (Å²) in [5.74, 6) is -0.968. The highest BCUT2D eigenvalue weighted by molar-refractivity contribution is 7.18. The molecule has 16 heavy (non-hydrogen) atoms. The summed E-state index contributed by atoms with van der Waals surface area (Å²) in [6, 6.07) is 8.02. The molecule has 0 amide bonds. The standard InChI is InChI=1S/C12H13NO2S/c14-12(15)8-4-3-7-11-13-9-5-1-2-6-10(9)16-11/h1-2,5-6H,3-4,7-8H2,(H,14,15)/p-1. The van der Waals surface area contributed by atoms with Gasteiger partial charge in [-0.15, -0.1) is 11.3 Å². The molecular formula is C12H12NO2S-. The number of carboxylic acid groups (broad SMARTS) is 1. The lowest BCUT2D eigenvalue weighted by Gasteiger charge is -1.99. The van der Waals surface area contributed by atoms with Gasteiger partial charge in [0.15, 0.2) is 0 Å². The average molecular weight is 234 g/mol. The van der Waals surface area contributed by atoms with Crippen molar-refractivity contribution >= 4 is 27.5 Å². The van der Waals surface area contributed by atoms with Crippen LogP contribution in [-0.4, -0.2) is 11.0 Å². The Hall–Kier alpha value is -1.42. The smallest absolute Gasteiger partial charge is 0.0938 e. The van der Waals surface area contributed by atoms with Crippen LogP contribution in [0.2, 0.25) is 0 Å². The Morgan fingerprint density at radius 3 is 2.88 bits per heavy atom. The lowest BCUT2D eigenvalue weighted by atomic mass is 10.2. The van der Waals surface area contributed by atoms with Gasteiger partial charge in [0.1, 0.15) is 0 Å². The molecule has 0 saturated heterocycles. The van der Waals surface area contributed by atoms with Crippen LogP contribution in [0.25, 0.3) is 10.2 Å². The molecule has 0 saturated carbocycles. The molecule has 0 aliphatic carbocycles. The van der Waals surface area contributed by atoms with E-state index in [1.165, 1.54) is 4.70 Å². The van der Waals surface area contributed by atoms with Gasteiger partial charge in [0.2, 0.25) is 0 Å². The van der Waals surface area contributed by atoms with Crippen molar-refractivity contribution in [3.63, 3.8) is 0 Å². The van der Waals surface area contributed by atoms with E-state index in [4.69, 9.17) is 0 Å². The van der Waals surface area contributed by atoms with Crippen molar-refractivity contribution in [3.05, 3.63) is 29.3 Å². The van der Waals surface area contributed by atoms with Crippen LogP contribution in [0.3, 0.4) is 0 Å². The molecule has 1 aromatic carbocycles. The Morgan fingerprint density at radius 2 is 2.12 bits per heavy atom. The second kappa shape index (κ2) is 5.07. The average Bonchev–Trinajstić information content (AvgIpc) is 2.66. The minimum absolute atomic E-state index is 0.144. The van der Waals surface area contributed by atoms with Crippen LogP contribution in [0.1, 0.15) is 24.3 Å². The normalized spacial score (nSPS) is 10.8. The molecule has 0 N–H and O–H groups in total. The van der Waals surface area contributed by atoms with E-state index in [0.29, 0.717) is 6.42 Å². The number of para-hydroxylation sites is 1. The fourth-order valence-corrected chi connectivity index (χ4v) is 2.58. The van der Waals surface area contributed by atoms with Crippen molar-refractivity contribution in [2.75, 3.05) is 0 Å². The Labute approximate surface area is 97.8 Å². The van der Waals surface area contributed by atoms with E-state index in [-0.39, 0.29) is 6.42 Å². The van der Waals surface area contributed by atoms with Crippen molar-refractivity contribution in [2.45, 2.75) is 25.7 Å². The molecule has 84 valence electrons. The third-order valence-electron chi connectivity index (χ3n) is 2.36.